The van der Waals surface area contributed by atoms with Crippen molar-refractivity contribution in [2.24, 2.45) is 0 Å². The number of nitrogens with one attached hydrogen (secondary N) is 1. The molecule has 0 unspecified atom stereocenters. The molecule has 0 amide bonds. The maximum atomic E-state index is 13.6. The Hall–Kier alpha value is -3.21. The van der Waals surface area contributed by atoms with E-state index in [9.17, 15) is 13.2 Å². The Balaban J connectivity index is 1.18. The van der Waals surface area contributed by atoms with Crippen LogP contribution in [0.5, 0.6) is 0 Å². The van der Waals surface area contributed by atoms with Crippen molar-refractivity contribution in [1.82, 2.24) is 19.8 Å². The van der Waals surface area contributed by atoms with Crippen LogP contribution < -0.4 is 10.2 Å². The lowest BCUT2D eigenvalue weighted by Gasteiger charge is -2.41. The molecule has 218 valence electrons. The van der Waals surface area contributed by atoms with E-state index in [0.717, 1.165) is 81.2 Å². The number of ether oxygens (including phenoxy) is 1. The summed E-state index contributed by atoms with van der Waals surface area (Å²) < 4.78 is 46.4. The first-order chi connectivity index (χ1) is 19.7. The Morgan fingerprint density at radius 2 is 1.73 bits per heavy atom. The van der Waals surface area contributed by atoms with Crippen LogP contribution >= 0.6 is 0 Å². The second kappa shape index (κ2) is 11.2. The minimum Gasteiger partial charge on any atom is -0.379 e. The predicted octanol–water partition coefficient (Wildman–Crippen LogP) is 5.23. The van der Waals surface area contributed by atoms with Crippen LogP contribution in [0.3, 0.4) is 0 Å². The van der Waals surface area contributed by atoms with E-state index in [4.69, 9.17) is 4.74 Å². The summed E-state index contributed by atoms with van der Waals surface area (Å²) in [7, 11) is 0. The smallest absolute Gasteiger partial charge is 0.379 e. The van der Waals surface area contributed by atoms with E-state index in [2.05, 4.69) is 57.1 Å². The Bertz CT molecular complexity index is 1390. The molecule has 0 saturated carbocycles. The van der Waals surface area contributed by atoms with Crippen molar-refractivity contribution in [3.05, 3.63) is 76.6 Å². The first kappa shape index (κ1) is 27.9. The molecule has 0 atom stereocenters. The quantitative estimate of drug-likeness (QED) is 0.439. The topological polar surface area (TPSA) is 56.8 Å². The van der Waals surface area contributed by atoms with Crippen molar-refractivity contribution >= 4 is 17.3 Å². The molecule has 1 saturated heterocycles. The van der Waals surface area contributed by atoms with Gasteiger partial charge in [0.1, 0.15) is 11.6 Å². The van der Waals surface area contributed by atoms with E-state index >= 15 is 0 Å². The van der Waals surface area contributed by atoms with Crippen molar-refractivity contribution in [3.63, 3.8) is 0 Å². The van der Waals surface area contributed by atoms with Gasteiger partial charge < -0.3 is 15.0 Å². The van der Waals surface area contributed by atoms with Gasteiger partial charge in [-0.25, -0.2) is 9.97 Å². The number of benzene rings is 1. The number of hydrogen-bond donors (Lipinski definition) is 1. The van der Waals surface area contributed by atoms with Crippen LogP contribution in [0.15, 0.2) is 48.8 Å². The molecule has 1 N–H and O–H groups in total. The van der Waals surface area contributed by atoms with Gasteiger partial charge in [0.2, 0.25) is 0 Å². The van der Waals surface area contributed by atoms with E-state index in [1.165, 1.54) is 23.4 Å². The molecule has 1 fully saturated rings. The Morgan fingerprint density at radius 3 is 2.54 bits per heavy atom. The van der Waals surface area contributed by atoms with E-state index in [0.29, 0.717) is 19.5 Å². The molecule has 3 aliphatic rings. The van der Waals surface area contributed by atoms with Crippen molar-refractivity contribution in [1.29, 1.82) is 0 Å². The van der Waals surface area contributed by atoms with Crippen molar-refractivity contribution in [2.45, 2.75) is 44.9 Å². The summed E-state index contributed by atoms with van der Waals surface area (Å²) >= 11 is 0. The number of alkyl halides is 3. The summed E-state index contributed by atoms with van der Waals surface area (Å²) in [6.07, 6.45) is -0.732. The first-order valence-corrected chi connectivity index (χ1v) is 14.3. The highest BCUT2D eigenvalue weighted by Gasteiger charge is 2.36. The summed E-state index contributed by atoms with van der Waals surface area (Å²) in [4.78, 5) is 15.5. The summed E-state index contributed by atoms with van der Waals surface area (Å²) in [5, 5.41) is 3.53. The molecule has 41 heavy (non-hydrogen) atoms. The third-order valence-electron chi connectivity index (χ3n) is 8.48. The van der Waals surface area contributed by atoms with Gasteiger partial charge in [-0.1, -0.05) is 19.9 Å². The number of halogens is 3. The lowest BCUT2D eigenvalue weighted by Crippen LogP contribution is -2.46. The molecule has 2 aromatic heterocycles. The summed E-state index contributed by atoms with van der Waals surface area (Å²) in [5.41, 5.74) is 5.01. The highest BCUT2D eigenvalue weighted by atomic mass is 19.4. The van der Waals surface area contributed by atoms with Gasteiger partial charge in [-0.3, -0.25) is 9.80 Å². The first-order valence-electron chi connectivity index (χ1n) is 14.3. The van der Waals surface area contributed by atoms with Crippen LogP contribution in [0, 0.1) is 0 Å². The minimum absolute atomic E-state index is 0.0209. The maximum Gasteiger partial charge on any atom is 0.419 e. The van der Waals surface area contributed by atoms with Crippen molar-refractivity contribution in [2.75, 3.05) is 62.7 Å². The number of rotatable bonds is 6. The van der Waals surface area contributed by atoms with Gasteiger partial charge in [-0.05, 0) is 53.4 Å². The van der Waals surface area contributed by atoms with E-state index < -0.39 is 11.7 Å². The monoisotopic (exact) mass is 566 g/mol. The second-order valence-corrected chi connectivity index (χ2v) is 11.9. The van der Waals surface area contributed by atoms with Crippen LogP contribution in [0.4, 0.5) is 30.5 Å². The summed E-state index contributed by atoms with van der Waals surface area (Å²) in [6.45, 7) is 13.0. The van der Waals surface area contributed by atoms with Crippen LogP contribution in [0.25, 0.3) is 0 Å². The van der Waals surface area contributed by atoms with E-state index in [1.54, 1.807) is 11.1 Å². The molecule has 3 aliphatic heterocycles. The van der Waals surface area contributed by atoms with Gasteiger partial charge in [0.05, 0.1) is 18.8 Å². The molecule has 0 spiro atoms. The Morgan fingerprint density at radius 1 is 0.927 bits per heavy atom. The van der Waals surface area contributed by atoms with Gasteiger partial charge in [0.25, 0.3) is 0 Å². The van der Waals surface area contributed by atoms with Gasteiger partial charge in [0.15, 0.2) is 0 Å². The van der Waals surface area contributed by atoms with Gasteiger partial charge in [-0.15, -0.1) is 0 Å². The van der Waals surface area contributed by atoms with Crippen LogP contribution in [0.1, 0.15) is 41.7 Å². The second-order valence-electron chi connectivity index (χ2n) is 11.9. The Labute approximate surface area is 239 Å². The minimum atomic E-state index is -4.45. The fraction of sp³-hybridized carbons (Fsp3) is 0.484. The number of morpholine rings is 1. The fourth-order valence-corrected chi connectivity index (χ4v) is 6.46. The third-order valence-corrected chi connectivity index (χ3v) is 8.48. The third kappa shape index (κ3) is 6.05. The molecule has 0 bridgehead atoms. The molecular formula is C31H37F3N6O. The van der Waals surface area contributed by atoms with E-state index in [1.807, 2.05) is 6.07 Å². The van der Waals surface area contributed by atoms with Crippen molar-refractivity contribution < 1.29 is 17.9 Å². The Kier molecular flexibility index (Phi) is 7.65. The number of anilines is 3. The molecule has 5 heterocycles. The van der Waals surface area contributed by atoms with Crippen LogP contribution in [0.2, 0.25) is 0 Å². The number of fused-ring (bicyclic) bond motifs is 2. The number of pyridine rings is 2. The molecule has 6 rings (SSSR count). The predicted molar refractivity (Wildman–Crippen MR) is 154 cm³/mol. The molecular weight excluding hydrogens is 529 g/mol. The lowest BCUT2D eigenvalue weighted by molar-refractivity contribution is -0.137. The largest absolute Gasteiger partial charge is 0.419 e. The van der Waals surface area contributed by atoms with Gasteiger partial charge in [0, 0.05) is 81.4 Å². The molecule has 10 heteroatoms. The van der Waals surface area contributed by atoms with Gasteiger partial charge in [-0.2, -0.15) is 13.2 Å². The normalized spacial score (nSPS) is 19.5. The zero-order valence-corrected chi connectivity index (χ0v) is 23.7. The average Bonchev–Trinajstić information content (AvgIpc) is 2.95. The number of aromatic nitrogens is 2. The highest BCUT2D eigenvalue weighted by Crippen LogP contribution is 2.38. The standard InChI is InChI=1S/C31H37F3N6O/c1-30(2)21-39(13-12-38-14-16-41-17-15-38)19-23-18-24(5-6-26(23)30)37-28-25-8-11-40(20-22(25)7-10-35-28)29-27(31(32,33)34)4-3-9-36-29/h3-7,9-10,18H,8,11-17,19-21H2,1-2H3,(H,35,37). The summed E-state index contributed by atoms with van der Waals surface area (Å²) in [5.74, 6) is 0.742. The van der Waals surface area contributed by atoms with Gasteiger partial charge >= 0.3 is 6.18 Å². The fourth-order valence-electron chi connectivity index (χ4n) is 6.46. The molecule has 0 aliphatic carbocycles. The molecule has 3 aromatic rings. The molecule has 0 radical (unpaired) electrons. The number of hydrogen-bond acceptors (Lipinski definition) is 7. The lowest BCUT2D eigenvalue weighted by atomic mass is 9.78. The van der Waals surface area contributed by atoms with Crippen molar-refractivity contribution in [3.8, 4) is 0 Å². The highest BCUT2D eigenvalue weighted by molar-refractivity contribution is 5.64. The average molecular weight is 567 g/mol. The molecule has 7 nitrogen and oxygen atoms in total. The maximum absolute atomic E-state index is 13.6. The van der Waals surface area contributed by atoms with Crippen LogP contribution in [-0.2, 0) is 35.8 Å². The summed E-state index contributed by atoms with van der Waals surface area (Å²) in [6, 6.07) is 10.9. The zero-order chi connectivity index (χ0) is 28.6. The van der Waals surface area contributed by atoms with E-state index in [-0.39, 0.29) is 11.2 Å². The molecule has 1 aromatic carbocycles. The number of nitrogens with zero attached hydrogens (tertiary/aromatic N) is 5. The zero-order valence-electron chi connectivity index (χ0n) is 23.7. The SMILES string of the molecule is CC1(C)CN(CCN2CCOCC2)Cc2cc(Nc3nccc4c3CCN(c3ncccc3C(F)(F)F)C4)ccc21. The van der Waals surface area contributed by atoms with Crippen LogP contribution in [-0.4, -0.2) is 72.3 Å².